The van der Waals surface area contributed by atoms with Crippen molar-refractivity contribution in [1.82, 2.24) is 4.98 Å². The highest BCUT2D eigenvalue weighted by Crippen LogP contribution is 2.29. The second kappa shape index (κ2) is 4.31. The number of nitrogens with one attached hydrogen (secondary N) is 1. The summed E-state index contributed by atoms with van der Waals surface area (Å²) in [4.78, 5) is 8.97. The van der Waals surface area contributed by atoms with Gasteiger partial charge in [-0.1, -0.05) is 12.1 Å². The molecule has 0 bridgehead atoms. The lowest BCUT2D eigenvalue weighted by atomic mass is 10.0. The number of hydrogen-bond donors (Lipinski definition) is 2. The molecule has 3 rings (SSSR count). The number of pyridine rings is 1. The number of amidine groups is 1. The van der Waals surface area contributed by atoms with Crippen LogP contribution in [0.5, 0.6) is 0 Å². The highest BCUT2D eigenvalue weighted by atomic mass is 14.8. The highest BCUT2D eigenvalue weighted by Gasteiger charge is 2.17. The molecule has 2 heterocycles. The van der Waals surface area contributed by atoms with Gasteiger partial charge in [0.15, 0.2) is 0 Å². The van der Waals surface area contributed by atoms with Crippen LogP contribution in [-0.4, -0.2) is 16.5 Å². The number of aryl methyl sites for hydroxylation is 1. The summed E-state index contributed by atoms with van der Waals surface area (Å²) in [6.45, 7) is 2.04. The predicted molar refractivity (Wildman–Crippen MR) is 76.3 cm³/mol. The number of benzene rings is 1. The first kappa shape index (κ1) is 11.6. The molecule has 0 fully saturated rings. The molecule has 0 radical (unpaired) electrons. The number of nitrogens with zero attached hydrogens (tertiary/aromatic N) is 2. The Kier molecular flexibility index (Phi) is 2.63. The number of nitrogens with two attached hydrogens (primary N) is 1. The summed E-state index contributed by atoms with van der Waals surface area (Å²) >= 11 is 0. The molecule has 1 aromatic heterocycles. The molecule has 3 N–H and O–H groups in total. The summed E-state index contributed by atoms with van der Waals surface area (Å²) in [6, 6.07) is 9.72. The van der Waals surface area contributed by atoms with Gasteiger partial charge in [0.25, 0.3) is 0 Å². The zero-order valence-corrected chi connectivity index (χ0v) is 10.6. The summed E-state index contributed by atoms with van der Waals surface area (Å²) in [5.41, 5.74) is 11.3. The van der Waals surface area contributed by atoms with Crippen LogP contribution in [0, 0.1) is 12.3 Å². The molecule has 94 valence electrons. The van der Waals surface area contributed by atoms with E-state index < -0.39 is 0 Å². The number of fused-ring (bicyclic) bond motifs is 1. The minimum Gasteiger partial charge on any atom is -0.384 e. The summed E-state index contributed by atoms with van der Waals surface area (Å²) in [5, 5.41) is 7.46. The van der Waals surface area contributed by atoms with Crippen LogP contribution in [0.3, 0.4) is 0 Å². The van der Waals surface area contributed by atoms with Gasteiger partial charge in [0.1, 0.15) is 5.84 Å². The number of aliphatic imine (C=N–C) groups is 1. The summed E-state index contributed by atoms with van der Waals surface area (Å²) < 4.78 is 0. The second-order valence-electron chi connectivity index (χ2n) is 4.71. The van der Waals surface area contributed by atoms with Gasteiger partial charge in [-0.2, -0.15) is 0 Å². The fraction of sp³-hybridized carbons (Fsp3) is 0.133. The van der Waals surface area contributed by atoms with Crippen molar-refractivity contribution in [1.29, 1.82) is 5.41 Å². The smallest absolute Gasteiger partial charge is 0.122 e. The zero-order chi connectivity index (χ0) is 13.4. The maximum atomic E-state index is 7.46. The van der Waals surface area contributed by atoms with E-state index in [1.165, 1.54) is 5.56 Å². The molecule has 2 aromatic rings. The molecule has 0 saturated carbocycles. The van der Waals surface area contributed by atoms with Crippen molar-refractivity contribution in [3.05, 3.63) is 58.9 Å². The van der Waals surface area contributed by atoms with Crippen molar-refractivity contribution in [2.45, 2.75) is 13.3 Å². The van der Waals surface area contributed by atoms with Crippen LogP contribution < -0.4 is 5.73 Å². The lowest BCUT2D eigenvalue weighted by Crippen LogP contribution is -2.10. The van der Waals surface area contributed by atoms with Crippen molar-refractivity contribution in [2.24, 2.45) is 10.7 Å². The van der Waals surface area contributed by atoms with Gasteiger partial charge in [0.05, 0.1) is 17.1 Å². The normalized spacial score (nSPS) is 13.0. The SMILES string of the molecule is Cc1ccnc(C2=Nc3cc(C(=N)N)ccc3C2)c1. The summed E-state index contributed by atoms with van der Waals surface area (Å²) in [5.74, 6) is 0.0696. The molecule has 0 unspecified atom stereocenters. The lowest BCUT2D eigenvalue weighted by Gasteiger charge is -2.01. The van der Waals surface area contributed by atoms with Gasteiger partial charge < -0.3 is 5.73 Å². The van der Waals surface area contributed by atoms with E-state index in [4.69, 9.17) is 11.1 Å². The quantitative estimate of drug-likeness (QED) is 0.634. The van der Waals surface area contributed by atoms with E-state index in [-0.39, 0.29) is 5.84 Å². The molecule has 0 spiro atoms. The Morgan fingerprint density at radius 3 is 2.84 bits per heavy atom. The van der Waals surface area contributed by atoms with Crippen molar-refractivity contribution in [2.75, 3.05) is 0 Å². The van der Waals surface area contributed by atoms with Crippen LogP contribution in [0.15, 0.2) is 41.5 Å². The Bertz CT molecular complexity index is 701. The topological polar surface area (TPSA) is 75.1 Å². The zero-order valence-electron chi connectivity index (χ0n) is 10.6. The third-order valence-corrected chi connectivity index (χ3v) is 3.22. The molecule has 1 aromatic carbocycles. The van der Waals surface area contributed by atoms with Gasteiger partial charge in [-0.3, -0.25) is 15.4 Å². The van der Waals surface area contributed by atoms with Gasteiger partial charge >= 0.3 is 0 Å². The van der Waals surface area contributed by atoms with Crippen molar-refractivity contribution in [3.8, 4) is 0 Å². The van der Waals surface area contributed by atoms with Crippen LogP contribution in [0.25, 0.3) is 0 Å². The average Bonchev–Trinajstić information content (AvgIpc) is 2.81. The maximum absolute atomic E-state index is 7.46. The number of aromatic nitrogens is 1. The molecule has 0 amide bonds. The van der Waals surface area contributed by atoms with Gasteiger partial charge in [-0.05, 0) is 36.2 Å². The number of nitrogen functional groups attached to an aromatic ring is 1. The number of hydrogen-bond acceptors (Lipinski definition) is 3. The molecule has 1 aliphatic heterocycles. The molecular weight excluding hydrogens is 236 g/mol. The van der Waals surface area contributed by atoms with E-state index in [9.17, 15) is 0 Å². The van der Waals surface area contributed by atoms with Gasteiger partial charge in [-0.15, -0.1) is 0 Å². The van der Waals surface area contributed by atoms with Crippen LogP contribution in [0.2, 0.25) is 0 Å². The predicted octanol–water partition coefficient (Wildman–Crippen LogP) is 2.35. The highest BCUT2D eigenvalue weighted by molar-refractivity contribution is 6.06. The fourth-order valence-corrected chi connectivity index (χ4v) is 2.19. The lowest BCUT2D eigenvalue weighted by molar-refractivity contribution is 1.23. The third kappa shape index (κ3) is 2.12. The second-order valence-corrected chi connectivity index (χ2v) is 4.71. The van der Waals surface area contributed by atoms with Crippen LogP contribution in [0.1, 0.15) is 22.4 Å². The minimum atomic E-state index is 0.0696. The molecule has 1 aliphatic rings. The van der Waals surface area contributed by atoms with Crippen molar-refractivity contribution in [3.63, 3.8) is 0 Å². The van der Waals surface area contributed by atoms with Gasteiger partial charge in [0.2, 0.25) is 0 Å². The molecule has 0 saturated heterocycles. The standard InChI is InChI=1S/C15H14N4/c1-9-4-5-18-13(6-9)14-7-10-2-3-11(15(16)17)8-12(10)19-14/h2-6,8H,7H2,1H3,(H3,16,17). The Labute approximate surface area is 111 Å². The first-order valence-electron chi connectivity index (χ1n) is 6.11. The first-order valence-corrected chi connectivity index (χ1v) is 6.11. The fourth-order valence-electron chi connectivity index (χ4n) is 2.19. The van der Waals surface area contributed by atoms with E-state index in [2.05, 4.69) is 9.98 Å². The van der Waals surface area contributed by atoms with Gasteiger partial charge in [-0.25, -0.2) is 0 Å². The van der Waals surface area contributed by atoms with E-state index in [1.807, 2.05) is 37.3 Å². The Hall–Kier alpha value is -2.49. The van der Waals surface area contributed by atoms with E-state index in [0.29, 0.717) is 5.56 Å². The van der Waals surface area contributed by atoms with Crippen LogP contribution in [0.4, 0.5) is 5.69 Å². The maximum Gasteiger partial charge on any atom is 0.122 e. The Morgan fingerprint density at radius 2 is 2.11 bits per heavy atom. The molecule has 0 aliphatic carbocycles. The van der Waals surface area contributed by atoms with E-state index in [0.717, 1.165) is 29.1 Å². The first-order chi connectivity index (χ1) is 9.13. The summed E-state index contributed by atoms with van der Waals surface area (Å²) in [7, 11) is 0. The van der Waals surface area contributed by atoms with Crippen molar-refractivity contribution < 1.29 is 0 Å². The molecule has 0 atom stereocenters. The van der Waals surface area contributed by atoms with Crippen LogP contribution in [-0.2, 0) is 6.42 Å². The third-order valence-electron chi connectivity index (χ3n) is 3.22. The van der Waals surface area contributed by atoms with Gasteiger partial charge in [0, 0.05) is 18.2 Å². The Morgan fingerprint density at radius 1 is 1.26 bits per heavy atom. The van der Waals surface area contributed by atoms with E-state index in [1.54, 1.807) is 6.20 Å². The van der Waals surface area contributed by atoms with Crippen LogP contribution >= 0.6 is 0 Å². The van der Waals surface area contributed by atoms with E-state index >= 15 is 0 Å². The number of rotatable bonds is 2. The largest absolute Gasteiger partial charge is 0.384 e. The average molecular weight is 250 g/mol. The molecule has 19 heavy (non-hydrogen) atoms. The molecule has 4 heteroatoms. The molecular formula is C15H14N4. The Balaban J connectivity index is 2.00. The summed E-state index contributed by atoms with van der Waals surface area (Å²) in [6.07, 6.45) is 2.58. The van der Waals surface area contributed by atoms with Crippen molar-refractivity contribution >= 4 is 17.2 Å². The molecule has 4 nitrogen and oxygen atoms in total. The monoisotopic (exact) mass is 250 g/mol. The minimum absolute atomic E-state index is 0.0696.